The van der Waals surface area contributed by atoms with Crippen molar-refractivity contribution in [2.24, 2.45) is 5.92 Å². The average Bonchev–Trinajstić information content (AvgIpc) is 3.20. The van der Waals surface area contributed by atoms with E-state index in [1.807, 2.05) is 0 Å². The van der Waals surface area contributed by atoms with E-state index in [-0.39, 0.29) is 17.0 Å². The lowest BCUT2D eigenvalue weighted by Gasteiger charge is -2.43. The standard InChI is InChI=1S/C15H15N5O4S3/c1-6(21)8-11(22)20-9(13(23)24)14(27-12(8)20)25-2-3-26-15-16-4-7-10(19-15)18-5-17-7/h4-6,8,12,21H,2-3H2,1H3,(H,23,24)(H,16,17,18,19)/t6?,8-,12+/m0/s1. The van der Waals surface area contributed by atoms with Crippen LogP contribution in [0.25, 0.3) is 11.2 Å². The quantitative estimate of drug-likeness (QED) is 0.258. The van der Waals surface area contributed by atoms with Crippen molar-refractivity contribution in [2.45, 2.75) is 23.6 Å². The van der Waals surface area contributed by atoms with Crippen LogP contribution in [0.5, 0.6) is 0 Å². The zero-order chi connectivity index (χ0) is 19.1. The highest BCUT2D eigenvalue weighted by Crippen LogP contribution is 2.53. The molecule has 3 N–H and O–H groups in total. The molecule has 142 valence electrons. The molecule has 0 aromatic carbocycles. The number of aromatic amines is 1. The number of nitrogens with zero attached hydrogens (tertiary/aromatic N) is 4. The van der Waals surface area contributed by atoms with E-state index in [0.717, 1.165) is 5.52 Å². The van der Waals surface area contributed by atoms with Crippen LogP contribution in [0, 0.1) is 5.92 Å². The number of aliphatic hydroxyl groups is 1. The second-order valence-corrected chi connectivity index (χ2v) is 9.47. The minimum atomic E-state index is -1.12. The molecule has 4 heterocycles. The summed E-state index contributed by atoms with van der Waals surface area (Å²) in [6, 6.07) is 0. The van der Waals surface area contributed by atoms with Gasteiger partial charge in [0.25, 0.3) is 0 Å². The Bertz CT molecular complexity index is 946. The van der Waals surface area contributed by atoms with Crippen molar-refractivity contribution in [3.8, 4) is 0 Å². The van der Waals surface area contributed by atoms with Crippen LogP contribution in [0.3, 0.4) is 0 Å². The van der Waals surface area contributed by atoms with E-state index in [9.17, 15) is 19.8 Å². The first-order valence-corrected chi connectivity index (χ1v) is 10.9. The summed E-state index contributed by atoms with van der Waals surface area (Å²) in [6.45, 7) is 1.55. The van der Waals surface area contributed by atoms with Gasteiger partial charge in [0.15, 0.2) is 16.5 Å². The fraction of sp³-hybridized carbons (Fsp3) is 0.400. The van der Waals surface area contributed by atoms with E-state index in [4.69, 9.17) is 0 Å². The maximum absolute atomic E-state index is 12.2. The number of carboxylic acid groups (broad SMARTS) is 1. The number of hydrogen-bond acceptors (Lipinski definition) is 9. The molecule has 0 aliphatic carbocycles. The Labute approximate surface area is 166 Å². The number of imidazole rings is 1. The number of carboxylic acids is 1. The van der Waals surface area contributed by atoms with Gasteiger partial charge in [-0.3, -0.25) is 9.69 Å². The van der Waals surface area contributed by atoms with Gasteiger partial charge in [-0.05, 0) is 6.92 Å². The third-order valence-electron chi connectivity index (χ3n) is 4.17. The first-order chi connectivity index (χ1) is 13.0. The van der Waals surface area contributed by atoms with Crippen molar-refractivity contribution in [2.75, 3.05) is 11.5 Å². The highest BCUT2D eigenvalue weighted by molar-refractivity contribution is 8.23. The van der Waals surface area contributed by atoms with Gasteiger partial charge < -0.3 is 15.2 Å². The lowest BCUT2D eigenvalue weighted by molar-refractivity contribution is -0.156. The molecule has 2 aromatic heterocycles. The van der Waals surface area contributed by atoms with Crippen molar-refractivity contribution < 1.29 is 19.8 Å². The summed E-state index contributed by atoms with van der Waals surface area (Å²) in [4.78, 5) is 40.6. The molecule has 0 spiro atoms. The number of carbonyl (C=O) groups is 2. The number of aromatic nitrogens is 4. The lowest BCUT2D eigenvalue weighted by Crippen LogP contribution is -2.60. The van der Waals surface area contributed by atoms with Crippen molar-refractivity contribution in [1.29, 1.82) is 0 Å². The molecule has 9 nitrogen and oxygen atoms in total. The third-order valence-corrected chi connectivity index (χ3v) is 7.95. The topological polar surface area (TPSA) is 132 Å². The first-order valence-electron chi connectivity index (χ1n) is 8.04. The third kappa shape index (κ3) is 3.30. The number of aliphatic hydroxyl groups excluding tert-OH is 1. The molecular formula is C15H15N5O4S3. The molecule has 2 aliphatic heterocycles. The Morgan fingerprint density at radius 3 is 2.93 bits per heavy atom. The summed E-state index contributed by atoms with van der Waals surface area (Å²) in [7, 11) is 0. The Morgan fingerprint density at radius 1 is 1.41 bits per heavy atom. The fourth-order valence-corrected chi connectivity index (χ4v) is 6.68. The van der Waals surface area contributed by atoms with Gasteiger partial charge in [-0.1, -0.05) is 23.5 Å². The van der Waals surface area contributed by atoms with Gasteiger partial charge in [-0.15, -0.1) is 11.8 Å². The number of H-pyrrole nitrogens is 1. The summed E-state index contributed by atoms with van der Waals surface area (Å²) < 4.78 is 0.605. The number of β-lactam (4-membered cyclic amide) rings is 1. The largest absolute Gasteiger partial charge is 0.477 e. The highest BCUT2D eigenvalue weighted by atomic mass is 32.2. The van der Waals surface area contributed by atoms with Crippen LogP contribution in [-0.2, 0) is 9.59 Å². The predicted molar refractivity (Wildman–Crippen MR) is 103 cm³/mol. The number of fused-ring (bicyclic) bond motifs is 2. The number of amides is 1. The van der Waals surface area contributed by atoms with E-state index < -0.39 is 18.0 Å². The molecule has 0 radical (unpaired) electrons. The van der Waals surface area contributed by atoms with E-state index in [2.05, 4.69) is 19.9 Å². The second-order valence-electron chi connectivity index (χ2n) is 5.91. The molecule has 3 atom stereocenters. The van der Waals surface area contributed by atoms with E-state index in [1.54, 1.807) is 19.4 Å². The van der Waals surface area contributed by atoms with Crippen LogP contribution < -0.4 is 0 Å². The fourth-order valence-electron chi connectivity index (χ4n) is 2.91. The molecule has 1 fully saturated rings. The lowest BCUT2D eigenvalue weighted by atomic mass is 9.92. The minimum absolute atomic E-state index is 0.0242. The molecule has 2 aromatic rings. The molecule has 4 rings (SSSR count). The van der Waals surface area contributed by atoms with Gasteiger partial charge in [0.1, 0.15) is 10.9 Å². The average molecular weight is 426 g/mol. The van der Waals surface area contributed by atoms with Crippen LogP contribution in [0.15, 0.2) is 27.6 Å². The van der Waals surface area contributed by atoms with Gasteiger partial charge in [-0.2, -0.15) is 0 Å². The number of thioether (sulfide) groups is 3. The Balaban J connectivity index is 1.37. The highest BCUT2D eigenvalue weighted by Gasteiger charge is 2.57. The normalized spacial score (nSPS) is 22.9. The zero-order valence-electron chi connectivity index (χ0n) is 14.0. The Hall–Kier alpha value is -1.76. The van der Waals surface area contributed by atoms with Crippen molar-refractivity contribution in [3.05, 3.63) is 22.5 Å². The van der Waals surface area contributed by atoms with Gasteiger partial charge in [0.05, 0.1) is 28.8 Å². The number of aliphatic carboxylic acids is 1. The number of rotatable bonds is 7. The van der Waals surface area contributed by atoms with Crippen molar-refractivity contribution in [3.63, 3.8) is 0 Å². The van der Waals surface area contributed by atoms with Gasteiger partial charge >= 0.3 is 5.97 Å². The smallest absolute Gasteiger partial charge is 0.354 e. The SMILES string of the molecule is CC(O)[C@H]1C(=O)N2C(C(=O)O)=C(SCCSc3ncc4[nH]cnc4n3)S[C@H]12. The predicted octanol–water partition coefficient (Wildman–Crippen LogP) is 1.34. The van der Waals surface area contributed by atoms with Gasteiger partial charge in [-0.25, -0.2) is 19.7 Å². The van der Waals surface area contributed by atoms with Crippen molar-refractivity contribution >= 4 is 58.3 Å². The molecular weight excluding hydrogens is 410 g/mol. The first kappa shape index (κ1) is 18.6. The van der Waals surface area contributed by atoms with Gasteiger partial charge in [0, 0.05) is 11.5 Å². The maximum atomic E-state index is 12.2. The number of hydrogen-bond donors (Lipinski definition) is 3. The Kier molecular flexibility index (Phi) is 5.05. The molecule has 2 aliphatic rings. The van der Waals surface area contributed by atoms with Crippen LogP contribution in [-0.4, -0.2) is 69.9 Å². The zero-order valence-corrected chi connectivity index (χ0v) is 16.5. The monoisotopic (exact) mass is 425 g/mol. The summed E-state index contributed by atoms with van der Waals surface area (Å²) in [5.74, 6) is -0.684. The summed E-state index contributed by atoms with van der Waals surface area (Å²) >= 11 is 4.19. The van der Waals surface area contributed by atoms with E-state index in [0.29, 0.717) is 26.5 Å². The second kappa shape index (κ2) is 7.34. The summed E-state index contributed by atoms with van der Waals surface area (Å²) in [5.41, 5.74) is 1.40. The number of nitrogens with one attached hydrogen (secondary N) is 1. The van der Waals surface area contributed by atoms with Crippen LogP contribution in [0.1, 0.15) is 6.92 Å². The Morgan fingerprint density at radius 2 is 2.19 bits per heavy atom. The van der Waals surface area contributed by atoms with E-state index in [1.165, 1.54) is 40.2 Å². The van der Waals surface area contributed by atoms with Gasteiger partial charge in [0.2, 0.25) is 5.91 Å². The van der Waals surface area contributed by atoms with Crippen LogP contribution >= 0.6 is 35.3 Å². The maximum Gasteiger partial charge on any atom is 0.354 e. The molecule has 27 heavy (non-hydrogen) atoms. The van der Waals surface area contributed by atoms with Crippen LogP contribution in [0.2, 0.25) is 0 Å². The summed E-state index contributed by atoms with van der Waals surface area (Å²) in [5, 5.41) is 19.5. The molecule has 1 unspecified atom stereocenters. The molecule has 0 saturated carbocycles. The van der Waals surface area contributed by atoms with Crippen LogP contribution in [0.4, 0.5) is 0 Å². The molecule has 0 bridgehead atoms. The molecule has 12 heteroatoms. The van der Waals surface area contributed by atoms with E-state index >= 15 is 0 Å². The summed E-state index contributed by atoms with van der Waals surface area (Å²) in [6.07, 6.45) is 2.44. The molecule has 1 amide bonds. The number of carbonyl (C=O) groups excluding carboxylic acids is 1. The molecule has 1 saturated heterocycles. The van der Waals surface area contributed by atoms with Crippen molar-refractivity contribution in [1.82, 2.24) is 24.8 Å². The minimum Gasteiger partial charge on any atom is -0.477 e.